The van der Waals surface area contributed by atoms with Crippen molar-refractivity contribution in [2.75, 3.05) is 0 Å². The Balaban J connectivity index is 2.11. The minimum Gasteiger partial charge on any atom is -0.437 e. The number of rotatable bonds is 3. The van der Waals surface area contributed by atoms with Crippen molar-refractivity contribution >= 4 is 11.6 Å². The normalized spacial score (nSPS) is 10.6. The van der Waals surface area contributed by atoms with Gasteiger partial charge in [0.1, 0.15) is 10.9 Å². The van der Waals surface area contributed by atoms with Crippen LogP contribution in [0.25, 0.3) is 0 Å². The highest BCUT2D eigenvalue weighted by atomic mass is 35.5. The molecular formula is C13H13ClN2O. The van der Waals surface area contributed by atoms with Crippen LogP contribution in [0.15, 0.2) is 36.7 Å². The molecule has 0 bridgehead atoms. The van der Waals surface area contributed by atoms with E-state index >= 15 is 0 Å². The topological polar surface area (TPSA) is 35.0 Å². The summed E-state index contributed by atoms with van der Waals surface area (Å²) in [5.41, 5.74) is 1.19. The van der Waals surface area contributed by atoms with Gasteiger partial charge in [-0.05, 0) is 23.6 Å². The van der Waals surface area contributed by atoms with Crippen molar-refractivity contribution in [3.63, 3.8) is 0 Å². The van der Waals surface area contributed by atoms with Crippen LogP contribution < -0.4 is 4.74 Å². The molecule has 0 saturated carbocycles. The average Bonchev–Trinajstić information content (AvgIpc) is 2.33. The highest BCUT2D eigenvalue weighted by Crippen LogP contribution is 2.21. The number of aromatic nitrogens is 2. The predicted molar refractivity (Wildman–Crippen MR) is 67.6 cm³/mol. The van der Waals surface area contributed by atoms with Crippen molar-refractivity contribution in [2.45, 2.75) is 19.8 Å². The summed E-state index contributed by atoms with van der Waals surface area (Å²) in [4.78, 5) is 8.17. The van der Waals surface area contributed by atoms with Gasteiger partial charge in [-0.1, -0.05) is 31.5 Å². The fourth-order valence-electron chi connectivity index (χ4n) is 1.34. The molecule has 0 aliphatic rings. The first-order valence-corrected chi connectivity index (χ1v) is 5.78. The lowest BCUT2D eigenvalue weighted by atomic mass is 10.1. The summed E-state index contributed by atoms with van der Waals surface area (Å²) in [6, 6.07) is 7.30. The molecule has 0 spiro atoms. The van der Waals surface area contributed by atoms with Gasteiger partial charge < -0.3 is 4.74 Å². The van der Waals surface area contributed by atoms with E-state index in [2.05, 4.69) is 23.8 Å². The summed E-state index contributed by atoms with van der Waals surface area (Å²) in [5.74, 6) is 1.64. The van der Waals surface area contributed by atoms with Crippen LogP contribution in [-0.2, 0) is 0 Å². The smallest absolute Gasteiger partial charge is 0.219 e. The van der Waals surface area contributed by atoms with Gasteiger partial charge in [0.15, 0.2) is 0 Å². The van der Waals surface area contributed by atoms with Gasteiger partial charge in [0, 0.05) is 12.3 Å². The molecule has 0 unspecified atom stereocenters. The summed E-state index contributed by atoms with van der Waals surface area (Å²) in [7, 11) is 0. The molecule has 2 heterocycles. The monoisotopic (exact) mass is 248 g/mol. The number of pyridine rings is 2. The minimum atomic E-state index is 0.445. The van der Waals surface area contributed by atoms with Crippen molar-refractivity contribution in [3.8, 4) is 11.6 Å². The van der Waals surface area contributed by atoms with Crippen molar-refractivity contribution in [1.29, 1.82) is 0 Å². The molecule has 4 heteroatoms. The maximum Gasteiger partial charge on any atom is 0.219 e. The van der Waals surface area contributed by atoms with Crippen LogP contribution in [0, 0.1) is 0 Å². The lowest BCUT2D eigenvalue weighted by Gasteiger charge is -2.07. The summed E-state index contributed by atoms with van der Waals surface area (Å²) in [5, 5.41) is 0.445. The Morgan fingerprint density at radius 2 is 1.88 bits per heavy atom. The Kier molecular flexibility index (Phi) is 3.59. The number of hydrogen-bond donors (Lipinski definition) is 0. The summed E-state index contributed by atoms with van der Waals surface area (Å²) < 4.78 is 5.54. The third-order valence-electron chi connectivity index (χ3n) is 2.35. The Labute approximate surface area is 105 Å². The first-order valence-electron chi connectivity index (χ1n) is 5.40. The predicted octanol–water partition coefficient (Wildman–Crippen LogP) is 4.05. The molecule has 0 saturated heterocycles. The summed E-state index contributed by atoms with van der Waals surface area (Å²) in [6.45, 7) is 4.25. The van der Waals surface area contributed by atoms with Crippen LogP contribution in [0.3, 0.4) is 0 Å². The lowest BCUT2D eigenvalue weighted by molar-refractivity contribution is 0.460. The fourth-order valence-corrected chi connectivity index (χ4v) is 1.45. The summed E-state index contributed by atoms with van der Waals surface area (Å²) >= 11 is 5.69. The molecule has 2 aromatic heterocycles. The number of ether oxygens (including phenoxy) is 1. The lowest BCUT2D eigenvalue weighted by Crippen LogP contribution is -1.92. The zero-order valence-corrected chi connectivity index (χ0v) is 10.5. The number of hydrogen-bond acceptors (Lipinski definition) is 3. The fraction of sp³-hybridized carbons (Fsp3) is 0.231. The molecule has 17 heavy (non-hydrogen) atoms. The van der Waals surface area contributed by atoms with Gasteiger partial charge in [0.05, 0.1) is 6.20 Å². The average molecular weight is 249 g/mol. The van der Waals surface area contributed by atoms with E-state index in [1.54, 1.807) is 18.3 Å². The Hall–Kier alpha value is -1.61. The van der Waals surface area contributed by atoms with Crippen LogP contribution in [0.5, 0.6) is 11.6 Å². The van der Waals surface area contributed by atoms with E-state index < -0.39 is 0 Å². The van der Waals surface area contributed by atoms with Crippen molar-refractivity contribution in [1.82, 2.24) is 9.97 Å². The molecule has 0 aliphatic heterocycles. The molecule has 0 atom stereocenters. The Morgan fingerprint density at radius 3 is 2.41 bits per heavy atom. The molecule has 0 fully saturated rings. The highest BCUT2D eigenvalue weighted by molar-refractivity contribution is 6.29. The van der Waals surface area contributed by atoms with Crippen molar-refractivity contribution in [3.05, 3.63) is 47.4 Å². The first kappa shape index (κ1) is 11.9. The van der Waals surface area contributed by atoms with Crippen molar-refractivity contribution < 1.29 is 4.74 Å². The number of halogens is 1. The van der Waals surface area contributed by atoms with Crippen LogP contribution in [-0.4, -0.2) is 9.97 Å². The third-order valence-corrected chi connectivity index (χ3v) is 2.57. The van der Waals surface area contributed by atoms with Gasteiger partial charge in [-0.25, -0.2) is 9.97 Å². The maximum atomic E-state index is 5.69. The first-order chi connectivity index (χ1) is 8.15. The third kappa shape index (κ3) is 3.17. The van der Waals surface area contributed by atoms with E-state index in [4.69, 9.17) is 16.3 Å². The second kappa shape index (κ2) is 5.15. The molecule has 0 radical (unpaired) electrons. The Bertz CT molecular complexity index is 480. The minimum absolute atomic E-state index is 0.445. The SMILES string of the molecule is CC(C)c1ccc(Oc2ccc(Cl)nc2)nc1. The van der Waals surface area contributed by atoms with E-state index in [1.807, 2.05) is 18.3 Å². The molecule has 3 nitrogen and oxygen atoms in total. The molecule has 0 amide bonds. The van der Waals surface area contributed by atoms with E-state index in [0.717, 1.165) is 0 Å². The van der Waals surface area contributed by atoms with Gasteiger partial charge in [0.2, 0.25) is 5.88 Å². The zero-order valence-electron chi connectivity index (χ0n) is 9.72. The van der Waals surface area contributed by atoms with Gasteiger partial charge in [-0.3, -0.25) is 0 Å². The van der Waals surface area contributed by atoms with Crippen LogP contribution >= 0.6 is 11.6 Å². The van der Waals surface area contributed by atoms with Crippen LogP contribution in [0.2, 0.25) is 5.15 Å². The molecule has 2 rings (SSSR count). The Morgan fingerprint density at radius 1 is 1.06 bits per heavy atom. The molecular weight excluding hydrogens is 236 g/mol. The molecule has 0 N–H and O–H groups in total. The second-order valence-corrected chi connectivity index (χ2v) is 4.39. The van der Waals surface area contributed by atoms with Crippen molar-refractivity contribution in [2.24, 2.45) is 0 Å². The zero-order chi connectivity index (χ0) is 12.3. The summed E-state index contributed by atoms with van der Waals surface area (Å²) in [6.07, 6.45) is 3.39. The molecule has 0 aliphatic carbocycles. The van der Waals surface area contributed by atoms with E-state index in [9.17, 15) is 0 Å². The van der Waals surface area contributed by atoms with Crippen LogP contribution in [0.4, 0.5) is 0 Å². The quantitative estimate of drug-likeness (QED) is 0.769. The molecule has 88 valence electrons. The second-order valence-electron chi connectivity index (χ2n) is 4.00. The highest BCUT2D eigenvalue weighted by Gasteiger charge is 2.02. The standard InChI is InChI=1S/C13H13ClN2O/c1-9(2)10-3-6-13(16-7-10)17-11-4-5-12(14)15-8-11/h3-9H,1-2H3. The molecule has 2 aromatic rings. The van der Waals surface area contributed by atoms with Crippen LogP contribution in [0.1, 0.15) is 25.3 Å². The van der Waals surface area contributed by atoms with Gasteiger partial charge >= 0.3 is 0 Å². The maximum absolute atomic E-state index is 5.69. The van der Waals surface area contributed by atoms with E-state index in [1.165, 1.54) is 5.56 Å². The van der Waals surface area contributed by atoms with E-state index in [0.29, 0.717) is 22.7 Å². The molecule has 0 aromatic carbocycles. The van der Waals surface area contributed by atoms with Gasteiger partial charge in [0.25, 0.3) is 0 Å². The van der Waals surface area contributed by atoms with E-state index in [-0.39, 0.29) is 0 Å². The van der Waals surface area contributed by atoms with Gasteiger partial charge in [-0.2, -0.15) is 0 Å². The largest absolute Gasteiger partial charge is 0.437 e. The van der Waals surface area contributed by atoms with Gasteiger partial charge in [-0.15, -0.1) is 0 Å². The number of nitrogens with zero attached hydrogens (tertiary/aromatic N) is 2.